The topological polar surface area (TPSA) is 89.5 Å². The summed E-state index contributed by atoms with van der Waals surface area (Å²) in [4.78, 5) is 25.4. The van der Waals surface area contributed by atoms with Crippen LogP contribution >= 0.6 is 0 Å². The first-order valence-electron chi connectivity index (χ1n) is 10.8. The number of hydrazone groups is 1. The molecule has 0 aliphatic carbocycles. The lowest BCUT2D eigenvalue weighted by Crippen LogP contribution is -2.12. The van der Waals surface area contributed by atoms with Crippen LogP contribution in [0.1, 0.15) is 12.5 Å². The highest BCUT2D eigenvalue weighted by Gasteiger charge is 2.22. The Labute approximate surface area is 193 Å². The summed E-state index contributed by atoms with van der Waals surface area (Å²) < 4.78 is 7.40. The second-order valence-electron chi connectivity index (χ2n) is 8.06. The van der Waals surface area contributed by atoms with Crippen molar-refractivity contribution in [2.75, 3.05) is 0 Å². The first kappa shape index (κ1) is 19.9. The van der Waals surface area contributed by atoms with Crippen molar-refractivity contribution >= 4 is 39.4 Å². The molecule has 1 aliphatic heterocycles. The third kappa shape index (κ3) is 3.22. The molecular weight excluding hydrogens is 428 g/mol. The van der Waals surface area contributed by atoms with Gasteiger partial charge in [0, 0.05) is 17.1 Å². The van der Waals surface area contributed by atoms with Gasteiger partial charge in [0.25, 0.3) is 5.91 Å². The number of amides is 1. The highest BCUT2D eigenvalue weighted by Crippen LogP contribution is 2.30. The van der Waals surface area contributed by atoms with Crippen LogP contribution in [-0.2, 0) is 4.79 Å². The molecule has 2 aromatic heterocycles. The van der Waals surface area contributed by atoms with Crippen LogP contribution in [0.25, 0.3) is 44.8 Å². The van der Waals surface area contributed by atoms with Crippen LogP contribution in [0.15, 0.2) is 98.9 Å². The quantitative estimate of drug-likeness (QED) is 0.247. The molecule has 6 rings (SSSR count). The second kappa shape index (κ2) is 7.67. The van der Waals surface area contributed by atoms with Gasteiger partial charge in [-0.05, 0) is 48.0 Å². The maximum absolute atomic E-state index is 13.1. The number of nitrogens with one attached hydrogen (secondary N) is 1. The lowest BCUT2D eigenvalue weighted by atomic mass is 10.0. The van der Waals surface area contributed by atoms with Gasteiger partial charge in [-0.25, -0.2) is 14.9 Å². The fourth-order valence-corrected chi connectivity index (χ4v) is 4.20. The standard InChI is InChI=1S/C27H18N4O3/c1-16-21(26(32)29-28-16)13-18-15-31(19-8-3-2-4-9-19)30-25(18)23-14-22-20-10-6-5-7-17(20)11-12-24(22)34-27(23)33/h2-15H,1H3,(H,29,32)/b21-13-. The fraction of sp³-hybridized carbons (Fsp3) is 0.0370. The molecule has 0 saturated carbocycles. The Bertz CT molecular complexity index is 1730. The Kier molecular flexibility index (Phi) is 4.48. The summed E-state index contributed by atoms with van der Waals surface area (Å²) in [7, 11) is 0. The minimum Gasteiger partial charge on any atom is -0.422 e. The number of carbonyl (C=O) groups excluding carboxylic acids is 1. The number of aromatic nitrogens is 2. The maximum atomic E-state index is 13.1. The average molecular weight is 446 g/mol. The summed E-state index contributed by atoms with van der Waals surface area (Å²) in [5.74, 6) is -0.299. The van der Waals surface area contributed by atoms with Gasteiger partial charge in [-0.2, -0.15) is 10.2 Å². The lowest BCUT2D eigenvalue weighted by Gasteiger charge is -2.05. The molecule has 0 fully saturated rings. The van der Waals surface area contributed by atoms with Gasteiger partial charge in [0.1, 0.15) is 11.3 Å². The van der Waals surface area contributed by atoms with Crippen molar-refractivity contribution in [3.8, 4) is 16.9 Å². The third-order valence-electron chi connectivity index (χ3n) is 5.92. The van der Waals surface area contributed by atoms with Gasteiger partial charge in [0.05, 0.1) is 22.5 Å². The molecule has 5 aromatic rings. The number of nitrogens with zero attached hydrogens (tertiary/aromatic N) is 3. The number of rotatable bonds is 3. The van der Waals surface area contributed by atoms with Crippen LogP contribution < -0.4 is 11.1 Å². The van der Waals surface area contributed by atoms with E-state index in [1.165, 1.54) is 0 Å². The summed E-state index contributed by atoms with van der Waals surface area (Å²) in [6.07, 6.45) is 3.50. The van der Waals surface area contributed by atoms with Crippen LogP contribution in [-0.4, -0.2) is 21.4 Å². The second-order valence-corrected chi connectivity index (χ2v) is 8.06. The molecule has 0 unspecified atom stereocenters. The Hall–Kier alpha value is -4.78. The van der Waals surface area contributed by atoms with Gasteiger partial charge in [0.2, 0.25) is 0 Å². The van der Waals surface area contributed by atoms with Crippen LogP contribution in [0.5, 0.6) is 0 Å². The molecule has 0 saturated heterocycles. The van der Waals surface area contributed by atoms with Crippen molar-refractivity contribution in [1.82, 2.24) is 15.2 Å². The maximum Gasteiger partial charge on any atom is 0.345 e. The van der Waals surface area contributed by atoms with E-state index in [4.69, 9.17) is 9.52 Å². The summed E-state index contributed by atoms with van der Waals surface area (Å²) in [6, 6.07) is 23.1. The number of carbonyl (C=O) groups is 1. The zero-order valence-corrected chi connectivity index (χ0v) is 18.1. The molecule has 34 heavy (non-hydrogen) atoms. The van der Waals surface area contributed by atoms with E-state index in [0.29, 0.717) is 33.7 Å². The Morgan fingerprint density at radius 2 is 1.74 bits per heavy atom. The monoisotopic (exact) mass is 446 g/mol. The van der Waals surface area contributed by atoms with Gasteiger partial charge in [-0.3, -0.25) is 4.79 Å². The lowest BCUT2D eigenvalue weighted by molar-refractivity contribution is -0.116. The minimum absolute atomic E-state index is 0.299. The largest absolute Gasteiger partial charge is 0.422 e. The van der Waals surface area contributed by atoms with E-state index in [-0.39, 0.29) is 5.91 Å². The van der Waals surface area contributed by atoms with E-state index in [0.717, 1.165) is 21.8 Å². The van der Waals surface area contributed by atoms with Crippen LogP contribution in [0, 0.1) is 0 Å². The predicted molar refractivity (Wildman–Crippen MR) is 132 cm³/mol. The van der Waals surface area contributed by atoms with Crippen LogP contribution in [0.3, 0.4) is 0 Å². The molecular formula is C27H18N4O3. The number of para-hydroxylation sites is 1. The van der Waals surface area contributed by atoms with Crippen molar-refractivity contribution < 1.29 is 9.21 Å². The van der Waals surface area contributed by atoms with Crippen LogP contribution in [0.4, 0.5) is 0 Å². The van der Waals surface area contributed by atoms with Gasteiger partial charge in [0.15, 0.2) is 0 Å². The molecule has 0 atom stereocenters. The Balaban J connectivity index is 1.63. The number of fused-ring (bicyclic) bond motifs is 3. The predicted octanol–water partition coefficient (Wildman–Crippen LogP) is 4.69. The summed E-state index contributed by atoms with van der Waals surface area (Å²) >= 11 is 0. The Morgan fingerprint density at radius 3 is 2.53 bits per heavy atom. The summed E-state index contributed by atoms with van der Waals surface area (Å²) in [5, 5.41) is 11.6. The normalized spacial score (nSPS) is 14.7. The fourth-order valence-electron chi connectivity index (χ4n) is 4.20. The molecule has 1 aliphatic rings. The number of hydrogen-bond donors (Lipinski definition) is 1. The minimum atomic E-state index is -0.498. The van der Waals surface area contributed by atoms with E-state index in [1.54, 1.807) is 29.9 Å². The molecule has 7 heteroatoms. The number of benzene rings is 3. The van der Waals surface area contributed by atoms with Crippen LogP contribution in [0.2, 0.25) is 0 Å². The van der Waals surface area contributed by atoms with Gasteiger partial charge in [-0.15, -0.1) is 0 Å². The Morgan fingerprint density at radius 1 is 0.941 bits per heavy atom. The van der Waals surface area contributed by atoms with Crippen molar-refractivity contribution in [3.63, 3.8) is 0 Å². The molecule has 164 valence electrons. The number of hydrogen-bond acceptors (Lipinski definition) is 5. The molecule has 7 nitrogen and oxygen atoms in total. The summed E-state index contributed by atoms with van der Waals surface area (Å²) in [6.45, 7) is 1.75. The van der Waals surface area contributed by atoms with E-state index in [2.05, 4.69) is 10.5 Å². The molecule has 0 spiro atoms. The smallest absolute Gasteiger partial charge is 0.345 e. The van der Waals surface area contributed by atoms with Crippen molar-refractivity contribution in [3.05, 3.63) is 101 Å². The molecule has 0 radical (unpaired) electrons. The first-order chi connectivity index (χ1) is 16.6. The third-order valence-corrected chi connectivity index (χ3v) is 5.92. The van der Waals surface area contributed by atoms with Gasteiger partial charge >= 0.3 is 5.63 Å². The molecule has 3 aromatic carbocycles. The molecule has 1 amide bonds. The first-order valence-corrected chi connectivity index (χ1v) is 10.8. The van der Waals surface area contributed by atoms with Gasteiger partial charge < -0.3 is 4.42 Å². The van der Waals surface area contributed by atoms with Gasteiger partial charge in [-0.1, -0.05) is 48.5 Å². The van der Waals surface area contributed by atoms with E-state index in [1.807, 2.05) is 66.7 Å². The average Bonchev–Trinajstić information content (AvgIpc) is 3.43. The highest BCUT2D eigenvalue weighted by molar-refractivity contribution is 6.26. The zero-order chi connectivity index (χ0) is 23.2. The van der Waals surface area contributed by atoms with E-state index < -0.39 is 5.63 Å². The SMILES string of the molecule is CC1=NNC(=O)/C1=C\c1cn(-c2ccccc2)nc1-c1cc2c(ccc3ccccc32)oc1=O. The summed E-state index contributed by atoms with van der Waals surface area (Å²) in [5.41, 5.74) is 5.64. The van der Waals surface area contributed by atoms with Crippen molar-refractivity contribution in [1.29, 1.82) is 0 Å². The highest BCUT2D eigenvalue weighted by atomic mass is 16.4. The molecule has 0 bridgehead atoms. The van der Waals surface area contributed by atoms with Crippen molar-refractivity contribution in [2.45, 2.75) is 6.92 Å². The van der Waals surface area contributed by atoms with Crippen molar-refractivity contribution in [2.24, 2.45) is 5.10 Å². The molecule has 3 heterocycles. The van der Waals surface area contributed by atoms with E-state index in [9.17, 15) is 9.59 Å². The molecule has 1 N–H and O–H groups in total. The van der Waals surface area contributed by atoms with E-state index >= 15 is 0 Å². The zero-order valence-electron chi connectivity index (χ0n) is 18.1.